The summed E-state index contributed by atoms with van der Waals surface area (Å²) in [6, 6.07) is 4.48. The van der Waals surface area contributed by atoms with Gasteiger partial charge in [-0.05, 0) is 42.4 Å². The van der Waals surface area contributed by atoms with E-state index in [-0.39, 0.29) is 23.1 Å². The van der Waals surface area contributed by atoms with Crippen LogP contribution in [0.15, 0.2) is 24.4 Å². The number of carbonyl (C=O) groups is 1. The molecule has 0 aliphatic carbocycles. The predicted octanol–water partition coefficient (Wildman–Crippen LogP) is 6.58. The number of ether oxygens (including phenoxy) is 1. The number of alkyl halides is 2. The molecular formula is C23H29ClF2N2O3S. The van der Waals surface area contributed by atoms with Crippen LogP contribution in [-0.4, -0.2) is 40.7 Å². The number of aromatic nitrogens is 1. The van der Waals surface area contributed by atoms with Crippen molar-refractivity contribution in [3.05, 3.63) is 34.3 Å². The highest BCUT2D eigenvalue weighted by molar-refractivity contribution is 7.15. The Bertz CT molecular complexity index is 948. The molecule has 2 aromatic rings. The molecule has 2 heterocycles. The number of hydrogen-bond donors (Lipinski definition) is 1. The molecule has 0 spiro atoms. The molecule has 1 aromatic heterocycles. The number of aliphatic carboxylic acids is 1. The van der Waals surface area contributed by atoms with Crippen molar-refractivity contribution in [1.29, 1.82) is 0 Å². The van der Waals surface area contributed by atoms with E-state index in [0.29, 0.717) is 28.6 Å². The molecule has 1 fully saturated rings. The third-order valence-electron chi connectivity index (χ3n) is 6.12. The number of hydrogen-bond acceptors (Lipinski definition) is 5. The maximum absolute atomic E-state index is 12.9. The normalized spacial score (nSPS) is 21.0. The zero-order valence-corrected chi connectivity index (χ0v) is 20.2. The van der Waals surface area contributed by atoms with Gasteiger partial charge in [0.25, 0.3) is 0 Å². The molecule has 9 heteroatoms. The van der Waals surface area contributed by atoms with Gasteiger partial charge < -0.3 is 9.84 Å². The van der Waals surface area contributed by atoms with Gasteiger partial charge in [-0.3, -0.25) is 9.69 Å². The Kier molecular flexibility index (Phi) is 7.78. The number of halogens is 3. The predicted molar refractivity (Wildman–Crippen MR) is 122 cm³/mol. The van der Waals surface area contributed by atoms with Crippen molar-refractivity contribution >= 4 is 28.9 Å². The molecule has 1 aromatic carbocycles. The van der Waals surface area contributed by atoms with E-state index in [9.17, 15) is 18.7 Å². The van der Waals surface area contributed by atoms with E-state index in [1.54, 1.807) is 12.3 Å². The van der Waals surface area contributed by atoms with E-state index < -0.39 is 18.5 Å². The minimum Gasteiger partial charge on any atom is -0.481 e. The zero-order valence-electron chi connectivity index (χ0n) is 18.6. The monoisotopic (exact) mass is 486 g/mol. The quantitative estimate of drug-likeness (QED) is 0.478. The minimum absolute atomic E-state index is 0.00750. The molecule has 3 rings (SSSR count). The highest BCUT2D eigenvalue weighted by Crippen LogP contribution is 2.42. The second-order valence-corrected chi connectivity index (χ2v) is 10.8. The van der Waals surface area contributed by atoms with Crippen LogP contribution in [0.25, 0.3) is 10.6 Å². The summed E-state index contributed by atoms with van der Waals surface area (Å²) in [4.78, 5) is 19.5. The summed E-state index contributed by atoms with van der Waals surface area (Å²) in [5, 5.41) is 10.7. The number of carboxylic acid groups (broad SMARTS) is 1. The van der Waals surface area contributed by atoms with Gasteiger partial charge in [0.05, 0.1) is 11.5 Å². The van der Waals surface area contributed by atoms with Crippen LogP contribution in [0.5, 0.6) is 5.75 Å². The van der Waals surface area contributed by atoms with Crippen LogP contribution in [0.3, 0.4) is 0 Å². The highest BCUT2D eigenvalue weighted by atomic mass is 35.5. The Morgan fingerprint density at radius 2 is 2.09 bits per heavy atom. The summed E-state index contributed by atoms with van der Waals surface area (Å²) in [5.74, 6) is -0.919. The van der Waals surface area contributed by atoms with E-state index >= 15 is 0 Å². The van der Waals surface area contributed by atoms with E-state index in [4.69, 9.17) is 11.6 Å². The fourth-order valence-corrected chi connectivity index (χ4v) is 5.59. The molecule has 5 nitrogen and oxygen atoms in total. The van der Waals surface area contributed by atoms with Gasteiger partial charge in [0, 0.05) is 35.2 Å². The van der Waals surface area contributed by atoms with Gasteiger partial charge in [-0.25, -0.2) is 4.98 Å². The molecule has 1 saturated heterocycles. The van der Waals surface area contributed by atoms with Crippen molar-refractivity contribution in [2.75, 3.05) is 13.1 Å². The van der Waals surface area contributed by atoms with E-state index in [1.807, 2.05) is 0 Å². The summed E-state index contributed by atoms with van der Waals surface area (Å²) in [5.41, 5.74) is 0.407. The lowest BCUT2D eigenvalue weighted by Gasteiger charge is -2.44. The van der Waals surface area contributed by atoms with Gasteiger partial charge in [0.1, 0.15) is 10.8 Å². The molecule has 3 atom stereocenters. The number of piperidine rings is 1. The van der Waals surface area contributed by atoms with Gasteiger partial charge in [0.2, 0.25) is 0 Å². The van der Waals surface area contributed by atoms with Crippen molar-refractivity contribution < 1.29 is 23.4 Å². The average Bonchev–Trinajstić information content (AvgIpc) is 3.18. The molecule has 0 radical (unpaired) electrons. The van der Waals surface area contributed by atoms with Crippen LogP contribution >= 0.6 is 22.9 Å². The average molecular weight is 487 g/mol. The zero-order chi connectivity index (χ0) is 23.6. The lowest BCUT2D eigenvalue weighted by Crippen LogP contribution is -2.48. The first-order valence-electron chi connectivity index (χ1n) is 10.7. The molecule has 0 amide bonds. The van der Waals surface area contributed by atoms with Crippen molar-refractivity contribution in [2.45, 2.75) is 53.2 Å². The second-order valence-electron chi connectivity index (χ2n) is 9.30. The molecule has 0 bridgehead atoms. The van der Waals surface area contributed by atoms with Crippen LogP contribution in [0.1, 0.15) is 51.5 Å². The minimum atomic E-state index is -2.95. The van der Waals surface area contributed by atoms with E-state index in [1.165, 1.54) is 23.5 Å². The molecular weight excluding hydrogens is 458 g/mol. The van der Waals surface area contributed by atoms with Gasteiger partial charge in [-0.2, -0.15) is 8.78 Å². The molecule has 1 aliphatic heterocycles. The van der Waals surface area contributed by atoms with Gasteiger partial charge >= 0.3 is 12.6 Å². The molecule has 1 N–H and O–H groups in total. The number of carboxylic acids is 1. The topological polar surface area (TPSA) is 62.7 Å². The first kappa shape index (κ1) is 24.9. The number of thiazole rings is 1. The summed E-state index contributed by atoms with van der Waals surface area (Å²) in [6.07, 6.45) is 3.19. The fraction of sp³-hybridized carbons (Fsp3) is 0.565. The van der Waals surface area contributed by atoms with Gasteiger partial charge in [-0.1, -0.05) is 39.3 Å². The number of likely N-dealkylation sites (tertiary alicyclic amines) is 1. The fourth-order valence-electron chi connectivity index (χ4n) is 4.27. The van der Waals surface area contributed by atoms with Crippen LogP contribution in [0.2, 0.25) is 5.02 Å². The Morgan fingerprint density at radius 1 is 1.38 bits per heavy atom. The molecule has 32 heavy (non-hydrogen) atoms. The third-order valence-corrected chi connectivity index (χ3v) is 7.49. The van der Waals surface area contributed by atoms with Crippen molar-refractivity contribution in [3.8, 4) is 16.3 Å². The number of rotatable bonds is 7. The van der Waals surface area contributed by atoms with Gasteiger partial charge in [-0.15, -0.1) is 11.3 Å². The number of benzene rings is 1. The van der Waals surface area contributed by atoms with Gasteiger partial charge in [0.15, 0.2) is 0 Å². The highest BCUT2D eigenvalue weighted by Gasteiger charge is 2.39. The SMILES string of the molecule is CCC(c1cnc(-c2cc(Cl)ccc2OC(F)F)s1)N1C[C@H](C(=O)O)C[C@@H](C(C)(C)C)C1. The van der Waals surface area contributed by atoms with Crippen molar-refractivity contribution in [1.82, 2.24) is 9.88 Å². The summed E-state index contributed by atoms with van der Waals surface area (Å²) >= 11 is 7.49. The van der Waals surface area contributed by atoms with Crippen LogP contribution in [-0.2, 0) is 4.79 Å². The van der Waals surface area contributed by atoms with E-state index in [2.05, 4.69) is 42.3 Å². The van der Waals surface area contributed by atoms with Crippen LogP contribution in [0, 0.1) is 17.3 Å². The van der Waals surface area contributed by atoms with Crippen LogP contribution in [0.4, 0.5) is 8.78 Å². The smallest absolute Gasteiger partial charge is 0.387 e. The lowest BCUT2D eigenvalue weighted by molar-refractivity contribution is -0.145. The van der Waals surface area contributed by atoms with Crippen molar-refractivity contribution in [3.63, 3.8) is 0 Å². The summed E-state index contributed by atoms with van der Waals surface area (Å²) < 4.78 is 30.4. The first-order valence-corrected chi connectivity index (χ1v) is 11.9. The summed E-state index contributed by atoms with van der Waals surface area (Å²) in [6.45, 7) is 6.83. The summed E-state index contributed by atoms with van der Waals surface area (Å²) in [7, 11) is 0. The lowest BCUT2D eigenvalue weighted by atomic mass is 9.73. The van der Waals surface area contributed by atoms with E-state index in [0.717, 1.165) is 17.8 Å². The Labute approximate surface area is 196 Å². The Balaban J connectivity index is 1.91. The Morgan fingerprint density at radius 3 is 2.69 bits per heavy atom. The molecule has 176 valence electrons. The molecule has 1 unspecified atom stereocenters. The maximum atomic E-state index is 12.9. The number of nitrogens with zero attached hydrogens (tertiary/aromatic N) is 2. The molecule has 1 aliphatic rings. The molecule has 0 saturated carbocycles. The van der Waals surface area contributed by atoms with Crippen molar-refractivity contribution in [2.24, 2.45) is 17.3 Å². The second kappa shape index (κ2) is 10.0. The first-order chi connectivity index (χ1) is 15.0. The maximum Gasteiger partial charge on any atom is 0.387 e. The largest absolute Gasteiger partial charge is 0.481 e. The standard InChI is InChI=1S/C23H29ClF2N2O3S/c1-5-17(28-11-13(21(29)30)8-14(12-28)23(2,3)4)19-10-27-20(32-19)16-9-15(24)6-7-18(16)31-22(25)26/h6-7,9-10,13-14,17,22H,5,8,11-12H2,1-4H3,(H,29,30)/t13-,14-,17?/m1/s1. The third kappa shape index (κ3) is 5.77. The Hall–Kier alpha value is -1.77. The van der Waals surface area contributed by atoms with Crippen LogP contribution < -0.4 is 4.74 Å².